The minimum Gasteiger partial charge on any atom is -0.480 e. The van der Waals surface area contributed by atoms with Gasteiger partial charge in [-0.25, -0.2) is 0 Å². The molecule has 7 heteroatoms. The summed E-state index contributed by atoms with van der Waals surface area (Å²) in [5.41, 5.74) is 1.18. The fraction of sp³-hybridized carbons (Fsp3) is 0.500. The van der Waals surface area contributed by atoms with Gasteiger partial charge in [-0.1, -0.05) is 0 Å². The van der Waals surface area contributed by atoms with Gasteiger partial charge in [-0.2, -0.15) is 0 Å². The molecule has 1 atom stereocenters. The Balaban J connectivity index is 1.78. The quantitative estimate of drug-likeness (QED) is 0.849. The van der Waals surface area contributed by atoms with Crippen molar-refractivity contribution in [1.29, 1.82) is 0 Å². The molecule has 0 saturated heterocycles. The molecule has 1 aromatic heterocycles. The van der Waals surface area contributed by atoms with Crippen LogP contribution in [0.5, 0.6) is 0 Å². The van der Waals surface area contributed by atoms with E-state index in [1.165, 1.54) is 17.4 Å². The minimum absolute atomic E-state index is 0.0173. The number of thiophene rings is 1. The summed E-state index contributed by atoms with van der Waals surface area (Å²) in [7, 11) is 0. The third-order valence-electron chi connectivity index (χ3n) is 3.47. The Kier molecular flexibility index (Phi) is 4.95. The van der Waals surface area contributed by atoms with Gasteiger partial charge in [-0.05, 0) is 30.4 Å². The number of hydrogen-bond acceptors (Lipinski definition) is 4. The number of nitrogens with one attached hydrogen (secondary N) is 1. The Morgan fingerprint density at radius 3 is 2.90 bits per heavy atom. The molecule has 0 radical (unpaired) electrons. The third kappa shape index (κ3) is 4.04. The monoisotopic (exact) mass is 310 g/mol. The lowest BCUT2D eigenvalue weighted by Gasteiger charge is -2.27. The predicted octanol–water partition coefficient (Wildman–Crippen LogP) is 1.00. The van der Waals surface area contributed by atoms with Gasteiger partial charge in [0.2, 0.25) is 11.8 Å². The van der Waals surface area contributed by atoms with Gasteiger partial charge < -0.3 is 15.3 Å². The van der Waals surface area contributed by atoms with E-state index in [2.05, 4.69) is 5.32 Å². The minimum atomic E-state index is -1.09. The van der Waals surface area contributed by atoms with Crippen molar-refractivity contribution in [2.45, 2.75) is 38.8 Å². The molecule has 0 spiro atoms. The van der Waals surface area contributed by atoms with Crippen molar-refractivity contribution in [2.75, 3.05) is 6.54 Å². The number of carbonyl (C=O) groups is 3. The Morgan fingerprint density at radius 2 is 2.19 bits per heavy atom. The summed E-state index contributed by atoms with van der Waals surface area (Å²) in [6, 6.07) is 1.09. The molecule has 0 aliphatic carbocycles. The molecule has 0 unspecified atom stereocenters. The molecule has 2 amide bonds. The Hall–Kier alpha value is -1.89. The number of hydrogen-bond donors (Lipinski definition) is 2. The van der Waals surface area contributed by atoms with Crippen molar-refractivity contribution in [1.82, 2.24) is 10.2 Å². The van der Waals surface area contributed by atoms with Crippen LogP contribution in [0.15, 0.2) is 11.4 Å². The molecule has 0 saturated carbocycles. The molecule has 114 valence electrons. The average Bonchev–Trinajstić information content (AvgIpc) is 2.91. The van der Waals surface area contributed by atoms with Gasteiger partial charge in [0.05, 0.1) is 0 Å². The van der Waals surface area contributed by atoms with E-state index in [4.69, 9.17) is 5.11 Å². The Labute approximate surface area is 126 Å². The lowest BCUT2D eigenvalue weighted by molar-refractivity contribution is -0.141. The topological polar surface area (TPSA) is 86.7 Å². The van der Waals surface area contributed by atoms with Gasteiger partial charge >= 0.3 is 5.97 Å². The molecule has 2 rings (SSSR count). The highest BCUT2D eigenvalue weighted by molar-refractivity contribution is 7.10. The van der Waals surface area contributed by atoms with E-state index in [0.29, 0.717) is 13.1 Å². The maximum Gasteiger partial charge on any atom is 0.325 e. The van der Waals surface area contributed by atoms with Crippen molar-refractivity contribution in [2.24, 2.45) is 0 Å². The van der Waals surface area contributed by atoms with Crippen molar-refractivity contribution in [3.63, 3.8) is 0 Å². The summed E-state index contributed by atoms with van der Waals surface area (Å²) in [6.07, 6.45) is 0.988. The van der Waals surface area contributed by atoms with Crippen LogP contribution in [0.1, 0.15) is 30.2 Å². The summed E-state index contributed by atoms with van der Waals surface area (Å²) >= 11 is 1.71. The normalized spacial score (nSPS) is 15.2. The number of carboxylic acid groups (broad SMARTS) is 1. The summed E-state index contributed by atoms with van der Waals surface area (Å²) in [5, 5.41) is 13.1. The van der Waals surface area contributed by atoms with Gasteiger partial charge in [0.25, 0.3) is 0 Å². The van der Waals surface area contributed by atoms with Gasteiger partial charge in [0.15, 0.2) is 0 Å². The first-order chi connectivity index (χ1) is 9.97. The fourth-order valence-electron chi connectivity index (χ4n) is 2.22. The lowest BCUT2D eigenvalue weighted by Crippen LogP contribution is -2.39. The van der Waals surface area contributed by atoms with Crippen LogP contribution in [-0.2, 0) is 27.3 Å². The van der Waals surface area contributed by atoms with E-state index in [1.807, 2.05) is 11.4 Å². The number of amides is 2. The SMILES string of the molecule is C[C@@H](NC(=O)CCC(=O)N1CCc2sccc2C1)C(=O)O. The highest BCUT2D eigenvalue weighted by atomic mass is 32.1. The zero-order valence-corrected chi connectivity index (χ0v) is 12.6. The summed E-state index contributed by atoms with van der Waals surface area (Å²) < 4.78 is 0. The Bertz CT molecular complexity index is 555. The number of fused-ring (bicyclic) bond motifs is 1. The second kappa shape index (κ2) is 6.71. The molecule has 0 bridgehead atoms. The van der Waals surface area contributed by atoms with Gasteiger partial charge in [0, 0.05) is 30.8 Å². The number of rotatable bonds is 5. The predicted molar refractivity (Wildman–Crippen MR) is 77.9 cm³/mol. The zero-order chi connectivity index (χ0) is 15.4. The maximum absolute atomic E-state index is 12.1. The fourth-order valence-corrected chi connectivity index (χ4v) is 3.10. The highest BCUT2D eigenvalue weighted by Crippen LogP contribution is 2.24. The molecular weight excluding hydrogens is 292 g/mol. The number of aliphatic carboxylic acids is 1. The largest absolute Gasteiger partial charge is 0.480 e. The molecule has 6 nitrogen and oxygen atoms in total. The number of nitrogens with zero attached hydrogens (tertiary/aromatic N) is 1. The Morgan fingerprint density at radius 1 is 1.43 bits per heavy atom. The molecule has 0 fully saturated rings. The molecule has 1 aromatic rings. The van der Waals surface area contributed by atoms with E-state index < -0.39 is 17.9 Å². The molecule has 1 aliphatic rings. The van der Waals surface area contributed by atoms with Crippen molar-refractivity contribution in [3.05, 3.63) is 21.9 Å². The van der Waals surface area contributed by atoms with Crippen LogP contribution in [0.25, 0.3) is 0 Å². The molecule has 21 heavy (non-hydrogen) atoms. The second-order valence-electron chi connectivity index (χ2n) is 5.06. The lowest BCUT2D eigenvalue weighted by atomic mass is 10.1. The highest BCUT2D eigenvalue weighted by Gasteiger charge is 2.22. The van der Waals surface area contributed by atoms with Crippen LogP contribution in [0.3, 0.4) is 0 Å². The third-order valence-corrected chi connectivity index (χ3v) is 4.50. The van der Waals surface area contributed by atoms with Crippen LogP contribution in [0, 0.1) is 0 Å². The summed E-state index contributed by atoms with van der Waals surface area (Å²) in [5.74, 6) is -1.56. The van der Waals surface area contributed by atoms with Gasteiger partial charge in [0.1, 0.15) is 6.04 Å². The first kappa shape index (κ1) is 15.5. The van der Waals surface area contributed by atoms with E-state index in [1.54, 1.807) is 16.2 Å². The van der Waals surface area contributed by atoms with Crippen molar-refractivity contribution >= 4 is 29.1 Å². The van der Waals surface area contributed by atoms with Crippen LogP contribution in [-0.4, -0.2) is 40.4 Å². The molecule has 0 aromatic carbocycles. The van der Waals surface area contributed by atoms with E-state index >= 15 is 0 Å². The van der Waals surface area contributed by atoms with Gasteiger partial charge in [-0.15, -0.1) is 11.3 Å². The van der Waals surface area contributed by atoms with E-state index in [9.17, 15) is 14.4 Å². The standard InChI is InChI=1S/C14H18N2O4S/c1-9(14(19)20)15-12(17)2-3-13(18)16-6-4-11-10(8-16)5-7-21-11/h5,7,9H,2-4,6,8H2,1H3,(H,15,17)(H,19,20)/t9-/m1/s1. The maximum atomic E-state index is 12.1. The zero-order valence-electron chi connectivity index (χ0n) is 11.8. The molecule has 2 N–H and O–H groups in total. The van der Waals surface area contributed by atoms with Crippen LogP contribution < -0.4 is 5.32 Å². The van der Waals surface area contributed by atoms with Crippen molar-refractivity contribution < 1.29 is 19.5 Å². The molecule has 1 aliphatic heterocycles. The number of carbonyl (C=O) groups excluding carboxylic acids is 2. The van der Waals surface area contributed by atoms with Gasteiger partial charge in [-0.3, -0.25) is 14.4 Å². The molecular formula is C14H18N2O4S. The second-order valence-corrected chi connectivity index (χ2v) is 6.06. The molecule has 2 heterocycles. The summed E-state index contributed by atoms with van der Waals surface area (Å²) in [6.45, 7) is 2.68. The summed E-state index contributed by atoms with van der Waals surface area (Å²) in [4.78, 5) is 37.3. The van der Waals surface area contributed by atoms with E-state index in [-0.39, 0.29) is 18.7 Å². The average molecular weight is 310 g/mol. The van der Waals surface area contributed by atoms with Crippen LogP contribution in [0.2, 0.25) is 0 Å². The first-order valence-electron chi connectivity index (χ1n) is 6.82. The van der Waals surface area contributed by atoms with Crippen LogP contribution in [0.4, 0.5) is 0 Å². The number of carboxylic acids is 1. The van der Waals surface area contributed by atoms with E-state index in [0.717, 1.165) is 6.42 Å². The van der Waals surface area contributed by atoms with Crippen LogP contribution >= 0.6 is 11.3 Å². The van der Waals surface area contributed by atoms with Crippen molar-refractivity contribution in [3.8, 4) is 0 Å². The smallest absolute Gasteiger partial charge is 0.325 e. The first-order valence-corrected chi connectivity index (χ1v) is 7.70.